The Balaban J connectivity index is 1.44. The lowest BCUT2D eigenvalue weighted by molar-refractivity contribution is -0.137. The molecule has 0 saturated carbocycles. The van der Waals surface area contributed by atoms with Crippen LogP contribution in [-0.4, -0.2) is 43.7 Å². The summed E-state index contributed by atoms with van der Waals surface area (Å²) in [6, 6.07) is 7.53. The van der Waals surface area contributed by atoms with Crippen LogP contribution in [0.1, 0.15) is 53.3 Å². The Morgan fingerprint density at radius 3 is 2.59 bits per heavy atom. The molecule has 1 saturated heterocycles. The molecule has 41 heavy (non-hydrogen) atoms. The van der Waals surface area contributed by atoms with Crippen molar-refractivity contribution in [2.24, 2.45) is 5.41 Å². The number of piperidine rings is 1. The van der Waals surface area contributed by atoms with Crippen molar-refractivity contribution in [2.45, 2.75) is 38.5 Å². The molecule has 1 aliphatic carbocycles. The maximum Gasteiger partial charge on any atom is 0.416 e. The highest BCUT2D eigenvalue weighted by Crippen LogP contribution is 2.47. The normalized spacial score (nSPS) is 19.0. The Bertz CT molecular complexity index is 1670. The highest BCUT2D eigenvalue weighted by Gasteiger charge is 2.50. The number of carbonyl (C=O) groups excluding carboxylic acids is 1. The number of hydrogen-bond donors (Lipinski definition) is 1. The summed E-state index contributed by atoms with van der Waals surface area (Å²) in [6.45, 7) is 3.94. The zero-order valence-corrected chi connectivity index (χ0v) is 22.9. The van der Waals surface area contributed by atoms with Gasteiger partial charge in [-0.2, -0.15) is 18.3 Å². The van der Waals surface area contributed by atoms with Gasteiger partial charge in [0.1, 0.15) is 17.1 Å². The Morgan fingerprint density at radius 1 is 1.15 bits per heavy atom. The monoisotopic (exact) mass is 583 g/mol. The molecule has 2 aliphatic rings. The fraction of sp³-hybridized carbons (Fsp3) is 0.310. The standard InChI is InChI=1S/C29H25F4N5O2S/c1-27(2,40)24-15-41-26(36-24)37-10-8-18-12-23-17(14-35-38(23)21-5-3-20(30)4-6-21)13-28(18,16-37)25(39)22-11-19(7-9-34-22)29(31,32)33/h3-7,9,11-12,14-15,40H,8,10,13,16H2,1-2H3/t28-/m0/s1. The first-order valence-electron chi connectivity index (χ1n) is 12.9. The van der Waals surface area contributed by atoms with Gasteiger partial charge in [0.15, 0.2) is 10.9 Å². The van der Waals surface area contributed by atoms with Crippen LogP contribution in [0, 0.1) is 11.2 Å². The van der Waals surface area contributed by atoms with Crippen LogP contribution in [0.25, 0.3) is 11.8 Å². The average molecular weight is 584 g/mol. The molecule has 4 heterocycles. The first-order valence-corrected chi connectivity index (χ1v) is 13.8. The molecule has 0 unspecified atom stereocenters. The highest BCUT2D eigenvalue weighted by molar-refractivity contribution is 7.13. The molecule has 1 fully saturated rings. The van der Waals surface area contributed by atoms with E-state index in [1.165, 1.54) is 23.5 Å². The molecular formula is C29H25F4N5O2S. The number of ketones is 1. The van der Waals surface area contributed by atoms with E-state index in [9.17, 15) is 27.5 Å². The second kappa shape index (κ2) is 9.59. The number of hydrogen-bond acceptors (Lipinski definition) is 7. The zero-order valence-electron chi connectivity index (χ0n) is 22.1. The first kappa shape index (κ1) is 27.3. The van der Waals surface area contributed by atoms with Crippen LogP contribution < -0.4 is 4.90 Å². The van der Waals surface area contributed by atoms with Crippen molar-refractivity contribution in [1.82, 2.24) is 19.7 Å². The van der Waals surface area contributed by atoms with Crippen molar-refractivity contribution in [3.8, 4) is 5.69 Å². The summed E-state index contributed by atoms with van der Waals surface area (Å²) < 4.78 is 55.9. The zero-order chi connectivity index (χ0) is 29.2. The van der Waals surface area contributed by atoms with E-state index in [2.05, 4.69) is 15.1 Å². The second-order valence-electron chi connectivity index (χ2n) is 10.9. The number of aliphatic hydroxyl groups is 1. The van der Waals surface area contributed by atoms with Crippen molar-refractivity contribution in [2.75, 3.05) is 18.0 Å². The minimum absolute atomic E-state index is 0.162. The van der Waals surface area contributed by atoms with E-state index in [1.54, 1.807) is 42.2 Å². The van der Waals surface area contributed by atoms with Crippen LogP contribution in [0.3, 0.4) is 0 Å². The lowest BCUT2D eigenvalue weighted by atomic mass is 9.65. The molecule has 1 aliphatic heterocycles. The third-order valence-corrected chi connectivity index (χ3v) is 8.53. The van der Waals surface area contributed by atoms with Gasteiger partial charge in [0.25, 0.3) is 0 Å². The SMILES string of the molecule is CC(C)(O)c1csc(N2CCC3=Cc4c(cnn4-c4ccc(F)cc4)C[C@]3(C(=O)c3cc(C(F)(F)F)ccn3)C2)n1. The van der Waals surface area contributed by atoms with Crippen LogP contribution in [0.2, 0.25) is 0 Å². The van der Waals surface area contributed by atoms with Crippen molar-refractivity contribution in [1.29, 1.82) is 0 Å². The number of rotatable bonds is 5. The Morgan fingerprint density at radius 2 is 1.90 bits per heavy atom. The molecule has 3 aromatic heterocycles. The molecule has 0 spiro atoms. The summed E-state index contributed by atoms with van der Waals surface area (Å²) in [7, 11) is 0. The van der Waals surface area contributed by atoms with Crippen LogP contribution in [0.15, 0.2) is 59.7 Å². The fourth-order valence-electron chi connectivity index (χ4n) is 5.47. The van der Waals surface area contributed by atoms with Gasteiger partial charge in [-0.05, 0) is 74.7 Å². The number of nitrogens with zero attached hydrogens (tertiary/aromatic N) is 5. The average Bonchev–Trinajstić information content (AvgIpc) is 3.59. The maximum absolute atomic E-state index is 14.3. The van der Waals surface area contributed by atoms with Crippen LogP contribution in [0.5, 0.6) is 0 Å². The third-order valence-electron chi connectivity index (χ3n) is 7.63. The number of pyridine rings is 1. The van der Waals surface area contributed by atoms with Gasteiger partial charge in [-0.1, -0.05) is 5.57 Å². The van der Waals surface area contributed by atoms with E-state index in [-0.39, 0.29) is 24.5 Å². The van der Waals surface area contributed by atoms with Crippen LogP contribution in [0.4, 0.5) is 22.7 Å². The van der Waals surface area contributed by atoms with Crippen molar-refractivity contribution in [3.63, 3.8) is 0 Å². The van der Waals surface area contributed by atoms with Gasteiger partial charge in [-0.15, -0.1) is 11.3 Å². The van der Waals surface area contributed by atoms with Crippen LogP contribution >= 0.6 is 11.3 Å². The number of halogens is 4. The molecule has 0 amide bonds. The van der Waals surface area contributed by atoms with Gasteiger partial charge in [0.2, 0.25) is 0 Å². The maximum atomic E-state index is 14.3. The minimum Gasteiger partial charge on any atom is -0.384 e. The van der Waals surface area contributed by atoms with Crippen LogP contribution in [-0.2, 0) is 18.2 Å². The second-order valence-corrected chi connectivity index (χ2v) is 11.7. The highest BCUT2D eigenvalue weighted by atomic mass is 32.1. The van der Waals surface area contributed by atoms with E-state index in [1.807, 2.05) is 11.0 Å². The quantitative estimate of drug-likeness (QED) is 0.235. The largest absolute Gasteiger partial charge is 0.416 e. The van der Waals surface area contributed by atoms with Gasteiger partial charge in [0, 0.05) is 24.7 Å². The van der Waals surface area contributed by atoms with Gasteiger partial charge < -0.3 is 10.0 Å². The number of thiazole rings is 1. The van der Waals surface area contributed by atoms with E-state index < -0.39 is 28.5 Å². The van der Waals surface area contributed by atoms with Crippen molar-refractivity contribution < 1.29 is 27.5 Å². The summed E-state index contributed by atoms with van der Waals surface area (Å²) in [6.07, 6.45) is 0.519. The lowest BCUT2D eigenvalue weighted by Gasteiger charge is -2.45. The van der Waals surface area contributed by atoms with E-state index in [4.69, 9.17) is 0 Å². The molecule has 12 heteroatoms. The number of Topliss-reactive ketones (excluding diaryl/α,β-unsaturated/α-hetero) is 1. The number of aromatic nitrogens is 4. The smallest absolute Gasteiger partial charge is 0.384 e. The van der Waals surface area contributed by atoms with Crippen molar-refractivity contribution in [3.05, 3.63) is 93.8 Å². The topological polar surface area (TPSA) is 84.1 Å². The third kappa shape index (κ3) is 4.84. The summed E-state index contributed by atoms with van der Waals surface area (Å²) in [5.41, 5.74) is -0.227. The van der Waals surface area contributed by atoms with E-state index in [0.29, 0.717) is 29.5 Å². The Kier molecular flexibility index (Phi) is 6.38. The number of benzene rings is 1. The predicted molar refractivity (Wildman–Crippen MR) is 145 cm³/mol. The molecule has 6 rings (SSSR count). The van der Waals surface area contributed by atoms with E-state index >= 15 is 0 Å². The molecule has 7 nitrogen and oxygen atoms in total. The molecular weight excluding hydrogens is 558 g/mol. The van der Waals surface area contributed by atoms with Crippen molar-refractivity contribution >= 4 is 28.3 Å². The Labute approximate surface area is 236 Å². The predicted octanol–water partition coefficient (Wildman–Crippen LogP) is 5.83. The lowest BCUT2D eigenvalue weighted by Crippen LogP contribution is -2.52. The molecule has 1 aromatic carbocycles. The van der Waals surface area contributed by atoms with Gasteiger partial charge in [0.05, 0.1) is 34.3 Å². The molecule has 1 atom stereocenters. The minimum atomic E-state index is -4.63. The fourth-order valence-corrected chi connectivity index (χ4v) is 6.48. The van der Waals surface area contributed by atoms with Gasteiger partial charge in [-0.3, -0.25) is 9.78 Å². The van der Waals surface area contributed by atoms with Gasteiger partial charge >= 0.3 is 6.18 Å². The first-order chi connectivity index (χ1) is 19.3. The molecule has 0 radical (unpaired) electrons. The summed E-state index contributed by atoms with van der Waals surface area (Å²) in [5, 5.41) is 17.3. The summed E-state index contributed by atoms with van der Waals surface area (Å²) in [4.78, 5) is 24.9. The number of fused-ring (bicyclic) bond motifs is 2. The molecule has 1 N–H and O–H groups in total. The summed E-state index contributed by atoms with van der Waals surface area (Å²) in [5.74, 6) is -0.896. The number of anilines is 1. The molecule has 4 aromatic rings. The molecule has 0 bridgehead atoms. The number of carbonyl (C=O) groups is 1. The van der Waals surface area contributed by atoms with E-state index in [0.717, 1.165) is 35.2 Å². The Hall–Kier alpha value is -3.90. The number of alkyl halides is 3. The molecule has 212 valence electrons. The summed E-state index contributed by atoms with van der Waals surface area (Å²) >= 11 is 1.34. The van der Waals surface area contributed by atoms with Gasteiger partial charge in [-0.25, -0.2) is 14.1 Å².